The summed E-state index contributed by atoms with van der Waals surface area (Å²) < 4.78 is 0. The maximum absolute atomic E-state index is 12.1. The summed E-state index contributed by atoms with van der Waals surface area (Å²) in [6.07, 6.45) is 4.01. The number of amides is 3. The fourth-order valence-electron chi connectivity index (χ4n) is 2.86. The molecule has 0 spiro atoms. The first kappa shape index (κ1) is 15.3. The second-order valence-electron chi connectivity index (χ2n) is 5.90. The number of likely N-dealkylation sites (tertiary alicyclic amines) is 1. The monoisotopic (exact) mass is 316 g/mol. The topological polar surface area (TPSA) is 103 Å². The molecule has 3 amide bonds. The van der Waals surface area contributed by atoms with E-state index in [2.05, 4.69) is 25.6 Å². The van der Waals surface area contributed by atoms with Gasteiger partial charge in [-0.05, 0) is 18.4 Å². The minimum Gasteiger partial charge on any atom is -0.345 e. The quantitative estimate of drug-likeness (QED) is 0.777. The molecule has 2 aromatic rings. The highest BCUT2D eigenvalue weighted by Crippen LogP contribution is 2.17. The molecule has 1 aliphatic heterocycles. The lowest BCUT2D eigenvalue weighted by Crippen LogP contribution is -2.51. The Hall–Kier alpha value is -2.64. The van der Waals surface area contributed by atoms with Crippen molar-refractivity contribution in [2.45, 2.75) is 26.3 Å². The molecule has 1 aliphatic rings. The van der Waals surface area contributed by atoms with Crippen molar-refractivity contribution >= 4 is 28.9 Å². The van der Waals surface area contributed by atoms with Crippen LogP contribution in [0, 0.1) is 5.92 Å². The van der Waals surface area contributed by atoms with Gasteiger partial charge >= 0.3 is 6.03 Å². The van der Waals surface area contributed by atoms with Gasteiger partial charge in [0.2, 0.25) is 5.91 Å². The molecule has 0 aliphatic carbocycles. The van der Waals surface area contributed by atoms with E-state index < -0.39 is 0 Å². The van der Waals surface area contributed by atoms with E-state index in [-0.39, 0.29) is 23.9 Å². The number of H-pyrrole nitrogens is 1. The molecule has 122 valence electrons. The van der Waals surface area contributed by atoms with Gasteiger partial charge in [-0.25, -0.2) is 14.8 Å². The maximum atomic E-state index is 12.1. The molecular weight excluding hydrogens is 296 g/mol. The van der Waals surface area contributed by atoms with E-state index in [1.165, 1.54) is 6.20 Å². The van der Waals surface area contributed by atoms with Gasteiger partial charge in [-0.2, -0.15) is 0 Å². The van der Waals surface area contributed by atoms with E-state index in [4.69, 9.17) is 0 Å². The van der Waals surface area contributed by atoms with E-state index in [1.54, 1.807) is 19.2 Å². The summed E-state index contributed by atoms with van der Waals surface area (Å²) in [4.78, 5) is 36.8. The highest BCUT2D eigenvalue weighted by Gasteiger charge is 2.28. The van der Waals surface area contributed by atoms with Crippen molar-refractivity contribution in [1.29, 1.82) is 0 Å². The summed E-state index contributed by atoms with van der Waals surface area (Å²) in [6.45, 7) is 4.93. The predicted molar refractivity (Wildman–Crippen MR) is 85.9 cm³/mol. The number of hydrogen-bond donors (Lipinski definition) is 3. The second kappa shape index (κ2) is 6.23. The largest absolute Gasteiger partial charge is 0.345 e. The average Bonchev–Trinajstić information content (AvgIpc) is 2.96. The summed E-state index contributed by atoms with van der Waals surface area (Å²) >= 11 is 0. The number of aromatic nitrogens is 3. The van der Waals surface area contributed by atoms with Crippen LogP contribution in [-0.4, -0.2) is 50.9 Å². The number of rotatable bonds is 2. The van der Waals surface area contributed by atoms with Gasteiger partial charge in [0, 0.05) is 32.3 Å². The van der Waals surface area contributed by atoms with Gasteiger partial charge in [0.25, 0.3) is 0 Å². The average molecular weight is 316 g/mol. The molecule has 3 rings (SSSR count). The lowest BCUT2D eigenvalue weighted by molar-refractivity contribution is -0.130. The number of fused-ring (bicyclic) bond motifs is 1. The standard InChI is InChI=1S/C15H20N6O2/c1-9-8-21(10(2)22)6-4-11(9)19-15(23)20-13-7-17-14-12(18-13)3-5-16-14/h3,5,7,9,11H,4,6,8H2,1-2H3,(H,16,17)(H2,18,19,20,23). The van der Waals surface area contributed by atoms with E-state index in [9.17, 15) is 9.59 Å². The molecule has 0 bridgehead atoms. The van der Waals surface area contributed by atoms with Crippen molar-refractivity contribution in [2.75, 3.05) is 18.4 Å². The summed E-state index contributed by atoms with van der Waals surface area (Å²) in [5, 5.41) is 5.66. The third-order valence-corrected chi connectivity index (χ3v) is 4.17. The number of nitrogens with zero attached hydrogens (tertiary/aromatic N) is 3. The summed E-state index contributed by atoms with van der Waals surface area (Å²) in [5.74, 6) is 0.690. The fraction of sp³-hybridized carbons (Fsp3) is 0.467. The summed E-state index contributed by atoms with van der Waals surface area (Å²) in [7, 11) is 0. The van der Waals surface area contributed by atoms with E-state index in [1.807, 2.05) is 11.8 Å². The van der Waals surface area contributed by atoms with Crippen LogP contribution in [0.4, 0.5) is 10.6 Å². The van der Waals surface area contributed by atoms with Crippen molar-refractivity contribution < 1.29 is 9.59 Å². The number of anilines is 1. The van der Waals surface area contributed by atoms with Crippen LogP contribution in [0.5, 0.6) is 0 Å². The molecule has 0 saturated carbocycles. The fourth-order valence-corrected chi connectivity index (χ4v) is 2.86. The first-order valence-corrected chi connectivity index (χ1v) is 7.66. The van der Waals surface area contributed by atoms with Crippen molar-refractivity contribution in [3.05, 3.63) is 18.5 Å². The molecule has 2 aromatic heterocycles. The van der Waals surface area contributed by atoms with Crippen LogP contribution in [0.2, 0.25) is 0 Å². The van der Waals surface area contributed by atoms with Crippen molar-refractivity contribution in [1.82, 2.24) is 25.2 Å². The van der Waals surface area contributed by atoms with E-state index in [0.717, 1.165) is 6.42 Å². The molecule has 8 heteroatoms. The third-order valence-electron chi connectivity index (χ3n) is 4.17. The highest BCUT2D eigenvalue weighted by molar-refractivity contribution is 5.89. The Kier molecular flexibility index (Phi) is 4.14. The van der Waals surface area contributed by atoms with E-state index in [0.29, 0.717) is 30.1 Å². The highest BCUT2D eigenvalue weighted by atomic mass is 16.2. The zero-order valence-electron chi connectivity index (χ0n) is 13.2. The normalized spacial score (nSPS) is 21.2. The smallest absolute Gasteiger partial charge is 0.320 e. The van der Waals surface area contributed by atoms with Gasteiger partial charge in [-0.1, -0.05) is 6.92 Å². The third kappa shape index (κ3) is 3.41. The number of piperidine rings is 1. The molecule has 3 heterocycles. The second-order valence-corrected chi connectivity index (χ2v) is 5.90. The zero-order chi connectivity index (χ0) is 16.4. The predicted octanol–water partition coefficient (Wildman–Crippen LogP) is 1.34. The zero-order valence-corrected chi connectivity index (χ0v) is 13.2. The Bertz CT molecular complexity index is 728. The Balaban J connectivity index is 1.57. The first-order valence-electron chi connectivity index (χ1n) is 7.66. The Morgan fingerprint density at radius 1 is 1.43 bits per heavy atom. The van der Waals surface area contributed by atoms with Gasteiger partial charge in [0.05, 0.1) is 6.20 Å². The lowest BCUT2D eigenvalue weighted by Gasteiger charge is -2.36. The van der Waals surface area contributed by atoms with Crippen molar-refractivity contribution in [2.24, 2.45) is 5.92 Å². The number of aromatic amines is 1. The molecule has 0 radical (unpaired) electrons. The maximum Gasteiger partial charge on any atom is 0.320 e. The minimum atomic E-state index is -0.303. The van der Waals surface area contributed by atoms with Crippen LogP contribution in [0.3, 0.4) is 0 Å². The van der Waals surface area contributed by atoms with Crippen LogP contribution in [0.1, 0.15) is 20.3 Å². The van der Waals surface area contributed by atoms with Gasteiger partial charge in [-0.15, -0.1) is 0 Å². The molecule has 3 N–H and O–H groups in total. The Morgan fingerprint density at radius 3 is 3.00 bits per heavy atom. The Morgan fingerprint density at radius 2 is 2.26 bits per heavy atom. The number of nitrogens with one attached hydrogen (secondary N) is 3. The first-order chi connectivity index (χ1) is 11.0. The van der Waals surface area contributed by atoms with Gasteiger partial charge in [0.1, 0.15) is 5.52 Å². The summed E-state index contributed by atoms with van der Waals surface area (Å²) in [5.41, 5.74) is 1.38. The van der Waals surface area contributed by atoms with Crippen molar-refractivity contribution in [3.63, 3.8) is 0 Å². The molecule has 2 atom stereocenters. The van der Waals surface area contributed by atoms with Crippen LogP contribution in [0.15, 0.2) is 18.5 Å². The minimum absolute atomic E-state index is 0.0366. The van der Waals surface area contributed by atoms with Gasteiger partial charge in [0.15, 0.2) is 11.5 Å². The van der Waals surface area contributed by atoms with Crippen LogP contribution in [0.25, 0.3) is 11.2 Å². The van der Waals surface area contributed by atoms with E-state index >= 15 is 0 Å². The van der Waals surface area contributed by atoms with Crippen LogP contribution < -0.4 is 10.6 Å². The molecule has 23 heavy (non-hydrogen) atoms. The number of urea groups is 1. The van der Waals surface area contributed by atoms with Gasteiger partial charge < -0.3 is 15.2 Å². The molecule has 8 nitrogen and oxygen atoms in total. The molecule has 1 saturated heterocycles. The SMILES string of the molecule is CC(=O)N1CCC(NC(=O)Nc2cnc3[nH]ccc3n2)C(C)C1. The molecule has 0 aromatic carbocycles. The molecule has 1 fully saturated rings. The number of carbonyl (C=O) groups is 2. The number of carbonyl (C=O) groups excluding carboxylic acids is 2. The summed E-state index contributed by atoms with van der Waals surface area (Å²) in [6, 6.07) is 1.53. The van der Waals surface area contributed by atoms with Crippen molar-refractivity contribution in [3.8, 4) is 0 Å². The molecular formula is C15H20N6O2. The van der Waals surface area contributed by atoms with Crippen LogP contribution >= 0.6 is 0 Å². The Labute approximate surface area is 133 Å². The number of hydrogen-bond acceptors (Lipinski definition) is 4. The molecule has 2 unspecified atom stereocenters. The van der Waals surface area contributed by atoms with Gasteiger partial charge in [-0.3, -0.25) is 10.1 Å². The lowest BCUT2D eigenvalue weighted by atomic mass is 9.94. The van der Waals surface area contributed by atoms with Crippen LogP contribution in [-0.2, 0) is 4.79 Å².